The van der Waals surface area contributed by atoms with E-state index in [1.807, 2.05) is 13.8 Å². The lowest BCUT2D eigenvalue weighted by atomic mass is 10.1. The lowest BCUT2D eigenvalue weighted by Gasteiger charge is -2.08. The molecule has 0 aliphatic rings. The van der Waals surface area contributed by atoms with Crippen LogP contribution >= 0.6 is 11.6 Å². The summed E-state index contributed by atoms with van der Waals surface area (Å²) in [6.07, 6.45) is -3.78. The van der Waals surface area contributed by atoms with Crippen molar-refractivity contribution in [3.63, 3.8) is 0 Å². The SMILES string of the molecule is CC.CCc1cc(C(F)(F)F)ccc1Cl. The lowest BCUT2D eigenvalue weighted by Crippen LogP contribution is -2.05. The normalized spacial score (nSPS) is 10.6. The highest BCUT2D eigenvalue weighted by Crippen LogP contribution is 2.31. The van der Waals surface area contributed by atoms with Gasteiger partial charge in [-0.1, -0.05) is 32.4 Å². The summed E-state index contributed by atoms with van der Waals surface area (Å²) in [7, 11) is 0. The second-order valence-corrected chi connectivity index (χ2v) is 3.06. The summed E-state index contributed by atoms with van der Waals surface area (Å²) in [5.41, 5.74) is -0.120. The molecule has 0 saturated carbocycles. The van der Waals surface area contributed by atoms with Gasteiger partial charge in [0.25, 0.3) is 0 Å². The highest BCUT2D eigenvalue weighted by molar-refractivity contribution is 6.31. The molecule has 15 heavy (non-hydrogen) atoms. The average molecular weight is 239 g/mol. The zero-order valence-corrected chi connectivity index (χ0v) is 9.71. The highest BCUT2D eigenvalue weighted by Gasteiger charge is 2.30. The Morgan fingerprint density at radius 3 is 2.13 bits per heavy atom. The van der Waals surface area contributed by atoms with Gasteiger partial charge in [-0.15, -0.1) is 0 Å². The van der Waals surface area contributed by atoms with Crippen molar-refractivity contribution in [1.82, 2.24) is 0 Å². The van der Waals surface area contributed by atoms with Crippen LogP contribution in [0.5, 0.6) is 0 Å². The van der Waals surface area contributed by atoms with Crippen LogP contribution in [0.4, 0.5) is 13.2 Å². The molecule has 1 aromatic carbocycles. The quantitative estimate of drug-likeness (QED) is 0.650. The second-order valence-electron chi connectivity index (χ2n) is 2.66. The molecule has 86 valence electrons. The van der Waals surface area contributed by atoms with Gasteiger partial charge in [-0.25, -0.2) is 0 Å². The Bertz CT molecular complexity index is 305. The molecule has 0 unspecified atom stereocenters. The molecule has 0 fully saturated rings. The summed E-state index contributed by atoms with van der Waals surface area (Å²) in [6.45, 7) is 5.77. The molecule has 0 heterocycles. The van der Waals surface area contributed by atoms with Gasteiger partial charge < -0.3 is 0 Å². The Hall–Kier alpha value is -0.700. The van der Waals surface area contributed by atoms with E-state index >= 15 is 0 Å². The van der Waals surface area contributed by atoms with E-state index in [4.69, 9.17) is 11.6 Å². The van der Waals surface area contributed by atoms with Gasteiger partial charge in [-0.05, 0) is 30.2 Å². The number of rotatable bonds is 1. The third-order valence-corrected chi connectivity index (χ3v) is 2.12. The summed E-state index contributed by atoms with van der Waals surface area (Å²) in [6, 6.07) is 3.35. The Morgan fingerprint density at radius 1 is 1.20 bits per heavy atom. The number of halogens is 4. The van der Waals surface area contributed by atoms with E-state index in [1.165, 1.54) is 6.07 Å². The number of alkyl halides is 3. The van der Waals surface area contributed by atoms with Gasteiger partial charge in [-0.3, -0.25) is 0 Å². The summed E-state index contributed by atoms with van der Waals surface area (Å²) in [5, 5.41) is 0.385. The third kappa shape index (κ3) is 4.12. The van der Waals surface area contributed by atoms with Gasteiger partial charge in [0.15, 0.2) is 0 Å². The first-order chi connectivity index (χ1) is 6.95. The van der Waals surface area contributed by atoms with E-state index in [1.54, 1.807) is 6.92 Å². The van der Waals surface area contributed by atoms with E-state index in [-0.39, 0.29) is 0 Å². The van der Waals surface area contributed by atoms with Crippen molar-refractivity contribution in [1.29, 1.82) is 0 Å². The molecule has 0 aliphatic carbocycles. The Morgan fingerprint density at radius 2 is 1.73 bits per heavy atom. The fourth-order valence-electron chi connectivity index (χ4n) is 1.02. The van der Waals surface area contributed by atoms with E-state index < -0.39 is 11.7 Å². The lowest BCUT2D eigenvalue weighted by molar-refractivity contribution is -0.137. The van der Waals surface area contributed by atoms with Crippen molar-refractivity contribution in [3.8, 4) is 0 Å². The summed E-state index contributed by atoms with van der Waals surface area (Å²) < 4.78 is 36.6. The number of hydrogen-bond acceptors (Lipinski definition) is 0. The maximum Gasteiger partial charge on any atom is 0.416 e. The Kier molecular flexibility index (Phi) is 5.73. The molecule has 0 aromatic heterocycles. The van der Waals surface area contributed by atoms with E-state index in [0.29, 0.717) is 17.0 Å². The highest BCUT2D eigenvalue weighted by atomic mass is 35.5. The van der Waals surface area contributed by atoms with Crippen LogP contribution in [-0.2, 0) is 12.6 Å². The van der Waals surface area contributed by atoms with Crippen molar-refractivity contribution in [2.24, 2.45) is 0 Å². The maximum atomic E-state index is 12.2. The smallest absolute Gasteiger partial charge is 0.166 e. The Labute approximate surface area is 93.1 Å². The molecular weight excluding hydrogens is 225 g/mol. The van der Waals surface area contributed by atoms with E-state index in [9.17, 15) is 13.2 Å². The van der Waals surface area contributed by atoms with Crippen LogP contribution in [-0.4, -0.2) is 0 Å². The topological polar surface area (TPSA) is 0 Å². The molecule has 0 amide bonds. The molecule has 1 rings (SSSR count). The molecule has 0 aliphatic heterocycles. The van der Waals surface area contributed by atoms with E-state index in [0.717, 1.165) is 12.1 Å². The summed E-state index contributed by atoms with van der Waals surface area (Å²) in [4.78, 5) is 0. The van der Waals surface area contributed by atoms with Crippen molar-refractivity contribution >= 4 is 11.6 Å². The summed E-state index contributed by atoms with van der Waals surface area (Å²) >= 11 is 5.68. The zero-order valence-electron chi connectivity index (χ0n) is 8.95. The predicted molar refractivity (Wildman–Crippen MR) is 57.2 cm³/mol. The van der Waals surface area contributed by atoms with Gasteiger partial charge in [0, 0.05) is 5.02 Å². The van der Waals surface area contributed by atoms with Crippen molar-refractivity contribution < 1.29 is 13.2 Å². The molecule has 0 atom stereocenters. The largest absolute Gasteiger partial charge is 0.416 e. The molecule has 0 spiro atoms. The van der Waals surface area contributed by atoms with Gasteiger partial charge in [0.1, 0.15) is 0 Å². The monoisotopic (exact) mass is 238 g/mol. The van der Waals surface area contributed by atoms with Crippen LogP contribution in [0.2, 0.25) is 5.02 Å². The predicted octanol–water partition coefficient (Wildman–Crippen LogP) is 4.95. The minimum Gasteiger partial charge on any atom is -0.166 e. The third-order valence-electron chi connectivity index (χ3n) is 1.75. The average Bonchev–Trinajstić information content (AvgIpc) is 2.20. The van der Waals surface area contributed by atoms with Crippen LogP contribution < -0.4 is 0 Å². The molecule has 0 N–H and O–H groups in total. The first kappa shape index (κ1) is 14.3. The minimum atomic E-state index is -4.28. The maximum absolute atomic E-state index is 12.2. The van der Waals surface area contributed by atoms with E-state index in [2.05, 4.69) is 0 Å². The first-order valence-corrected chi connectivity index (χ1v) is 5.18. The first-order valence-electron chi connectivity index (χ1n) is 4.80. The fraction of sp³-hybridized carbons (Fsp3) is 0.455. The molecule has 0 radical (unpaired) electrons. The van der Waals surface area contributed by atoms with Crippen molar-refractivity contribution in [2.45, 2.75) is 33.4 Å². The van der Waals surface area contributed by atoms with Crippen LogP contribution in [0, 0.1) is 0 Å². The molecule has 1 aromatic rings. The van der Waals surface area contributed by atoms with Crippen LogP contribution in [0.15, 0.2) is 18.2 Å². The van der Waals surface area contributed by atoms with Gasteiger partial charge in [-0.2, -0.15) is 13.2 Å². The minimum absolute atomic E-state index is 0.385. The number of benzene rings is 1. The van der Waals surface area contributed by atoms with Crippen LogP contribution in [0.1, 0.15) is 31.9 Å². The van der Waals surface area contributed by atoms with Crippen molar-refractivity contribution in [2.75, 3.05) is 0 Å². The summed E-state index contributed by atoms with van der Waals surface area (Å²) in [5.74, 6) is 0. The fourth-order valence-corrected chi connectivity index (χ4v) is 1.27. The second kappa shape index (κ2) is 6.01. The zero-order chi connectivity index (χ0) is 12.1. The van der Waals surface area contributed by atoms with Crippen LogP contribution in [0.25, 0.3) is 0 Å². The van der Waals surface area contributed by atoms with Crippen LogP contribution in [0.3, 0.4) is 0 Å². The van der Waals surface area contributed by atoms with Gasteiger partial charge >= 0.3 is 6.18 Å². The molecule has 0 nitrogen and oxygen atoms in total. The molecular formula is C11H14ClF3. The molecule has 4 heteroatoms. The Balaban J connectivity index is 0.000000921. The molecule has 0 bridgehead atoms. The number of hydrogen-bond donors (Lipinski definition) is 0. The van der Waals surface area contributed by atoms with Gasteiger partial charge in [0.2, 0.25) is 0 Å². The standard InChI is InChI=1S/C9H8ClF3.C2H6/c1-2-6-5-7(9(11,12)13)3-4-8(6)10;1-2/h3-5H,2H2,1H3;1-2H3. The van der Waals surface area contributed by atoms with Gasteiger partial charge in [0.05, 0.1) is 5.56 Å². The molecule has 0 saturated heterocycles. The number of aryl methyl sites for hydroxylation is 1. The van der Waals surface area contributed by atoms with Crippen molar-refractivity contribution in [3.05, 3.63) is 34.3 Å².